The Labute approximate surface area is 162 Å². The number of hydrogen-bond acceptors (Lipinski definition) is 4. The topological polar surface area (TPSA) is 54.6 Å². The predicted molar refractivity (Wildman–Crippen MR) is 111 cm³/mol. The van der Waals surface area contributed by atoms with Crippen LogP contribution in [0.15, 0.2) is 62.8 Å². The minimum atomic E-state index is -0.189. The van der Waals surface area contributed by atoms with Gasteiger partial charge in [0.05, 0.1) is 17.1 Å². The molecule has 1 aliphatic rings. The van der Waals surface area contributed by atoms with E-state index < -0.39 is 0 Å². The quantitative estimate of drug-likeness (QED) is 0.635. The van der Waals surface area contributed by atoms with Crippen LogP contribution in [0.3, 0.4) is 0 Å². The maximum absolute atomic E-state index is 12.4. The maximum atomic E-state index is 12.4. The van der Waals surface area contributed by atoms with E-state index in [2.05, 4.69) is 20.9 Å². The molecule has 1 N–H and O–H groups in total. The number of allylic oxidation sites excluding steroid dienone is 1. The van der Waals surface area contributed by atoms with Gasteiger partial charge in [-0.2, -0.15) is 0 Å². The van der Waals surface area contributed by atoms with Gasteiger partial charge in [-0.05, 0) is 30.7 Å². The number of aromatic hydroxyl groups is 1. The molecule has 0 unspecified atom stereocenters. The Balaban J connectivity index is 1.75. The highest BCUT2D eigenvalue weighted by Crippen LogP contribution is 2.37. The van der Waals surface area contributed by atoms with Crippen LogP contribution in [0.1, 0.15) is 22.9 Å². The first-order valence-corrected chi connectivity index (χ1v) is 9.68. The van der Waals surface area contributed by atoms with Gasteiger partial charge in [0.25, 0.3) is 0 Å². The number of thiazole rings is 1. The molecule has 4 nitrogen and oxygen atoms in total. The lowest BCUT2D eigenvalue weighted by Gasteiger charge is -2.06. The summed E-state index contributed by atoms with van der Waals surface area (Å²) in [4.78, 5) is 17.3. The lowest BCUT2D eigenvalue weighted by atomic mass is 10.0. The number of aromatic nitrogens is 1. The minimum absolute atomic E-state index is 0.0135. The van der Waals surface area contributed by atoms with Crippen LogP contribution in [0.5, 0.6) is 5.88 Å². The lowest BCUT2D eigenvalue weighted by molar-refractivity contribution is 0.420. The van der Waals surface area contributed by atoms with Crippen LogP contribution in [0, 0.1) is 0 Å². The summed E-state index contributed by atoms with van der Waals surface area (Å²) in [6.45, 7) is 2.25. The van der Waals surface area contributed by atoms with Crippen molar-refractivity contribution in [1.82, 2.24) is 4.57 Å². The van der Waals surface area contributed by atoms with Gasteiger partial charge >= 0.3 is 4.87 Å². The normalized spacial score (nSPS) is 14.5. The van der Waals surface area contributed by atoms with E-state index in [1.165, 1.54) is 4.57 Å². The number of nitrogens with zero attached hydrogens (tertiary/aromatic N) is 2. The summed E-state index contributed by atoms with van der Waals surface area (Å²) >= 11 is 4.53. The number of hydrogen-bond donors (Lipinski definition) is 1. The summed E-state index contributed by atoms with van der Waals surface area (Å²) in [5.74, 6) is -0.0135. The third kappa shape index (κ3) is 2.95. The highest BCUT2D eigenvalue weighted by atomic mass is 79.9. The van der Waals surface area contributed by atoms with Crippen molar-refractivity contribution in [2.24, 2.45) is 4.99 Å². The van der Waals surface area contributed by atoms with Gasteiger partial charge in [0.2, 0.25) is 5.88 Å². The van der Waals surface area contributed by atoms with Crippen molar-refractivity contribution in [3.8, 4) is 5.88 Å². The Hall–Kier alpha value is -2.44. The molecule has 0 saturated heterocycles. The fourth-order valence-electron chi connectivity index (χ4n) is 2.99. The van der Waals surface area contributed by atoms with Crippen LogP contribution < -0.4 is 4.87 Å². The van der Waals surface area contributed by atoms with E-state index in [0.29, 0.717) is 11.4 Å². The van der Waals surface area contributed by atoms with Crippen molar-refractivity contribution in [2.75, 3.05) is 0 Å². The zero-order chi connectivity index (χ0) is 18.3. The highest BCUT2D eigenvalue weighted by Gasteiger charge is 2.20. The van der Waals surface area contributed by atoms with Crippen LogP contribution in [0.25, 0.3) is 11.6 Å². The Bertz CT molecular complexity index is 1120. The number of rotatable bonds is 3. The number of aliphatic imine (C=N–C) groups is 1. The molecular weight excluding hydrogens is 412 g/mol. The molecule has 2 heterocycles. The predicted octanol–water partition coefficient (Wildman–Crippen LogP) is 5.07. The average molecular weight is 427 g/mol. The summed E-state index contributed by atoms with van der Waals surface area (Å²) in [6, 6.07) is 15.5. The van der Waals surface area contributed by atoms with Crippen molar-refractivity contribution in [3.63, 3.8) is 0 Å². The number of benzene rings is 2. The molecule has 0 aliphatic carbocycles. The Morgan fingerprint density at radius 1 is 1.19 bits per heavy atom. The van der Waals surface area contributed by atoms with Gasteiger partial charge in [-0.15, -0.1) is 0 Å². The molecule has 6 heteroatoms. The number of fused-ring (bicyclic) bond motifs is 1. The van der Waals surface area contributed by atoms with E-state index in [9.17, 15) is 9.90 Å². The average Bonchev–Trinajstić information content (AvgIpc) is 3.08. The summed E-state index contributed by atoms with van der Waals surface area (Å²) in [5.41, 5.74) is 4.68. The standard InChI is InChI=1S/C20H15BrN2O2S/c1-12-15(14-7-3-5-9-17(14)22-12)10-18-19(24)23(20(25)26-18)11-13-6-2-4-8-16(13)21/h2-10,24H,11H2,1H3/b15-10-. The molecule has 0 radical (unpaired) electrons. The Morgan fingerprint density at radius 3 is 2.73 bits per heavy atom. The van der Waals surface area contributed by atoms with E-state index in [1.54, 1.807) is 0 Å². The van der Waals surface area contributed by atoms with Crippen LogP contribution in [-0.4, -0.2) is 15.4 Å². The van der Waals surface area contributed by atoms with E-state index in [4.69, 9.17) is 0 Å². The second-order valence-electron chi connectivity index (χ2n) is 6.01. The van der Waals surface area contributed by atoms with Gasteiger partial charge in [0.15, 0.2) is 0 Å². The first-order valence-electron chi connectivity index (χ1n) is 8.07. The third-order valence-corrected chi connectivity index (χ3v) is 6.02. The molecule has 1 aliphatic heterocycles. The summed E-state index contributed by atoms with van der Waals surface area (Å²) in [7, 11) is 0. The number of halogens is 1. The van der Waals surface area contributed by atoms with Gasteiger partial charge in [-0.25, -0.2) is 0 Å². The Kier molecular flexibility index (Phi) is 4.38. The molecule has 2 aromatic carbocycles. The minimum Gasteiger partial charge on any atom is -0.493 e. The molecule has 0 bridgehead atoms. The van der Waals surface area contributed by atoms with Crippen molar-refractivity contribution in [1.29, 1.82) is 0 Å². The second kappa shape index (κ2) is 6.70. The van der Waals surface area contributed by atoms with Gasteiger partial charge in [-0.1, -0.05) is 63.7 Å². The molecular formula is C20H15BrN2O2S. The smallest absolute Gasteiger partial charge is 0.310 e. The molecule has 0 atom stereocenters. The monoisotopic (exact) mass is 426 g/mol. The highest BCUT2D eigenvalue weighted by molar-refractivity contribution is 9.10. The van der Waals surface area contributed by atoms with Crippen molar-refractivity contribution >= 4 is 50.3 Å². The van der Waals surface area contributed by atoms with Gasteiger partial charge in [-0.3, -0.25) is 14.4 Å². The molecule has 0 amide bonds. The van der Waals surface area contributed by atoms with Gasteiger partial charge in [0.1, 0.15) is 0 Å². The number of para-hydroxylation sites is 1. The molecule has 0 saturated carbocycles. The van der Waals surface area contributed by atoms with E-state index >= 15 is 0 Å². The van der Waals surface area contributed by atoms with Crippen LogP contribution in [0.2, 0.25) is 0 Å². The third-order valence-electron chi connectivity index (χ3n) is 4.33. The lowest BCUT2D eigenvalue weighted by Crippen LogP contribution is -2.13. The molecule has 0 spiro atoms. The molecule has 3 aromatic rings. The van der Waals surface area contributed by atoms with E-state index in [0.717, 1.165) is 43.9 Å². The van der Waals surface area contributed by atoms with Crippen molar-refractivity contribution < 1.29 is 5.11 Å². The second-order valence-corrected chi connectivity index (χ2v) is 7.85. The molecule has 26 heavy (non-hydrogen) atoms. The summed E-state index contributed by atoms with van der Waals surface area (Å²) in [6.07, 6.45) is 1.85. The zero-order valence-corrected chi connectivity index (χ0v) is 16.3. The fourth-order valence-corrected chi connectivity index (χ4v) is 4.23. The van der Waals surface area contributed by atoms with Crippen LogP contribution in [0.4, 0.5) is 5.69 Å². The first-order chi connectivity index (χ1) is 12.5. The van der Waals surface area contributed by atoms with E-state index in [1.807, 2.05) is 61.5 Å². The Morgan fingerprint density at radius 2 is 1.92 bits per heavy atom. The first kappa shape index (κ1) is 17.0. The molecule has 1 aromatic heterocycles. The van der Waals surface area contributed by atoms with Gasteiger partial charge < -0.3 is 5.11 Å². The maximum Gasteiger partial charge on any atom is 0.310 e. The van der Waals surface area contributed by atoms with Crippen LogP contribution >= 0.6 is 27.3 Å². The largest absolute Gasteiger partial charge is 0.493 e. The van der Waals surface area contributed by atoms with Crippen molar-refractivity contribution in [3.05, 3.63) is 78.7 Å². The molecule has 4 rings (SSSR count). The van der Waals surface area contributed by atoms with E-state index in [-0.39, 0.29) is 10.8 Å². The summed E-state index contributed by atoms with van der Waals surface area (Å²) < 4.78 is 2.30. The van der Waals surface area contributed by atoms with Gasteiger partial charge in [0, 0.05) is 21.3 Å². The SMILES string of the molecule is CC1=Nc2ccccc2/C1=C\c1sc(=O)n(Cc2ccccc2Br)c1O. The van der Waals surface area contributed by atoms with Crippen LogP contribution in [-0.2, 0) is 6.54 Å². The van der Waals surface area contributed by atoms with Crippen molar-refractivity contribution in [2.45, 2.75) is 13.5 Å². The zero-order valence-electron chi connectivity index (χ0n) is 13.9. The fraction of sp³-hybridized carbons (Fsp3) is 0.100. The molecule has 130 valence electrons. The summed E-state index contributed by atoms with van der Waals surface area (Å²) in [5, 5.41) is 10.6. The molecule has 0 fully saturated rings.